The number of aromatic nitrogens is 2. The monoisotopic (exact) mass is 309 g/mol. The maximum atomic E-state index is 12.0. The summed E-state index contributed by atoms with van der Waals surface area (Å²) in [6, 6.07) is 13.2. The smallest absolute Gasteiger partial charge is 0.262 e. The summed E-state index contributed by atoms with van der Waals surface area (Å²) in [6.07, 6.45) is 0.848. The first-order chi connectivity index (χ1) is 11.1. The molecule has 5 heteroatoms. The summed E-state index contributed by atoms with van der Waals surface area (Å²) in [5.41, 5.74) is 3.64. The van der Waals surface area contributed by atoms with Crippen molar-refractivity contribution in [1.29, 1.82) is 0 Å². The lowest BCUT2D eigenvalue weighted by Crippen LogP contribution is -2.20. The number of fused-ring (bicyclic) bond motifs is 1. The molecule has 0 saturated carbocycles. The van der Waals surface area contributed by atoms with Crippen molar-refractivity contribution < 1.29 is 9.53 Å². The molecule has 23 heavy (non-hydrogen) atoms. The highest BCUT2D eigenvalue weighted by Gasteiger charge is 2.06. The number of hydrogen-bond donors (Lipinski definition) is 2. The Kier molecular flexibility index (Phi) is 4.28. The third-order valence-corrected chi connectivity index (χ3v) is 3.51. The minimum atomic E-state index is -0.193. The molecule has 1 aromatic heterocycles. The average Bonchev–Trinajstić information content (AvgIpc) is 2.95. The van der Waals surface area contributed by atoms with Crippen molar-refractivity contribution in [2.75, 3.05) is 11.9 Å². The van der Waals surface area contributed by atoms with Gasteiger partial charge in [0, 0.05) is 12.1 Å². The molecule has 118 valence electrons. The molecule has 0 fully saturated rings. The van der Waals surface area contributed by atoms with Crippen LogP contribution in [-0.4, -0.2) is 22.5 Å². The lowest BCUT2D eigenvalue weighted by atomic mass is 10.2. The lowest BCUT2D eigenvalue weighted by molar-refractivity contribution is -0.118. The number of carbonyl (C=O) groups is 1. The summed E-state index contributed by atoms with van der Waals surface area (Å²) in [6.45, 7) is 4.00. The Morgan fingerprint density at radius 3 is 2.91 bits per heavy atom. The van der Waals surface area contributed by atoms with Gasteiger partial charge in [-0.05, 0) is 42.8 Å². The molecule has 0 unspecified atom stereocenters. The van der Waals surface area contributed by atoms with Crippen molar-refractivity contribution in [2.45, 2.75) is 20.3 Å². The molecule has 0 aliphatic heterocycles. The minimum absolute atomic E-state index is 0.0231. The first-order valence-corrected chi connectivity index (χ1v) is 7.62. The highest BCUT2D eigenvalue weighted by atomic mass is 16.5. The van der Waals surface area contributed by atoms with E-state index in [2.05, 4.69) is 15.3 Å². The molecular weight excluding hydrogens is 290 g/mol. The molecular formula is C18H19N3O2. The maximum Gasteiger partial charge on any atom is 0.262 e. The largest absolute Gasteiger partial charge is 0.484 e. The van der Waals surface area contributed by atoms with Crippen molar-refractivity contribution in [3.05, 3.63) is 53.9 Å². The summed E-state index contributed by atoms with van der Waals surface area (Å²) in [7, 11) is 0. The summed E-state index contributed by atoms with van der Waals surface area (Å²) in [5.74, 6) is 1.43. The van der Waals surface area contributed by atoms with Gasteiger partial charge in [-0.2, -0.15) is 0 Å². The van der Waals surface area contributed by atoms with Gasteiger partial charge >= 0.3 is 0 Å². The Hall–Kier alpha value is -2.82. The van der Waals surface area contributed by atoms with E-state index in [1.165, 1.54) is 0 Å². The Morgan fingerprint density at radius 1 is 1.26 bits per heavy atom. The molecule has 0 spiro atoms. The SMILES string of the molecule is CCc1nc2ccc(NC(=O)COc3cccc(C)c3)cc2[nH]1. The van der Waals surface area contributed by atoms with E-state index >= 15 is 0 Å². The van der Waals surface area contributed by atoms with Gasteiger partial charge in [0.05, 0.1) is 11.0 Å². The van der Waals surface area contributed by atoms with Crippen LogP contribution < -0.4 is 10.1 Å². The van der Waals surface area contributed by atoms with Crippen molar-refractivity contribution in [2.24, 2.45) is 0 Å². The summed E-state index contributed by atoms with van der Waals surface area (Å²) < 4.78 is 5.50. The first kappa shape index (κ1) is 15.1. The summed E-state index contributed by atoms with van der Waals surface area (Å²) >= 11 is 0. The lowest BCUT2D eigenvalue weighted by Gasteiger charge is -2.08. The van der Waals surface area contributed by atoms with Crippen LogP contribution in [-0.2, 0) is 11.2 Å². The van der Waals surface area contributed by atoms with Gasteiger partial charge in [-0.25, -0.2) is 4.98 Å². The van der Waals surface area contributed by atoms with Crippen molar-refractivity contribution in [3.63, 3.8) is 0 Å². The van der Waals surface area contributed by atoms with Crippen molar-refractivity contribution in [1.82, 2.24) is 9.97 Å². The molecule has 0 atom stereocenters. The number of aryl methyl sites for hydroxylation is 2. The fourth-order valence-corrected chi connectivity index (χ4v) is 2.36. The number of benzene rings is 2. The van der Waals surface area contributed by atoms with Crippen LogP contribution >= 0.6 is 0 Å². The highest BCUT2D eigenvalue weighted by Crippen LogP contribution is 2.18. The first-order valence-electron chi connectivity index (χ1n) is 7.62. The summed E-state index contributed by atoms with van der Waals surface area (Å²) in [4.78, 5) is 19.7. The second-order valence-corrected chi connectivity index (χ2v) is 5.42. The van der Waals surface area contributed by atoms with Gasteiger partial charge in [-0.15, -0.1) is 0 Å². The van der Waals surface area contributed by atoms with Crippen LogP contribution in [0.4, 0.5) is 5.69 Å². The van der Waals surface area contributed by atoms with Crippen LogP contribution in [0.3, 0.4) is 0 Å². The Bertz CT molecular complexity index is 839. The number of ether oxygens (including phenoxy) is 1. The van der Waals surface area contributed by atoms with E-state index in [-0.39, 0.29) is 12.5 Å². The molecule has 2 aromatic carbocycles. The predicted octanol–water partition coefficient (Wildman–Crippen LogP) is 3.45. The van der Waals surface area contributed by atoms with E-state index in [0.29, 0.717) is 5.75 Å². The second kappa shape index (κ2) is 6.52. The maximum absolute atomic E-state index is 12.0. The zero-order chi connectivity index (χ0) is 16.2. The average molecular weight is 309 g/mol. The molecule has 0 radical (unpaired) electrons. The molecule has 3 aromatic rings. The van der Waals surface area contributed by atoms with Crippen LogP contribution in [0.15, 0.2) is 42.5 Å². The van der Waals surface area contributed by atoms with Gasteiger partial charge in [0.1, 0.15) is 11.6 Å². The van der Waals surface area contributed by atoms with E-state index in [1.807, 2.05) is 56.3 Å². The van der Waals surface area contributed by atoms with Gasteiger partial charge in [0.25, 0.3) is 5.91 Å². The number of anilines is 1. The molecule has 2 N–H and O–H groups in total. The number of imidazole rings is 1. The van der Waals surface area contributed by atoms with Crippen molar-refractivity contribution >= 4 is 22.6 Å². The molecule has 0 bridgehead atoms. The third-order valence-electron chi connectivity index (χ3n) is 3.51. The molecule has 0 aliphatic carbocycles. The van der Waals surface area contributed by atoms with E-state index in [1.54, 1.807) is 0 Å². The van der Waals surface area contributed by atoms with Crippen LogP contribution in [0.25, 0.3) is 11.0 Å². The summed E-state index contributed by atoms with van der Waals surface area (Å²) in [5, 5.41) is 2.83. The van der Waals surface area contributed by atoms with Crippen LogP contribution in [0.2, 0.25) is 0 Å². The van der Waals surface area contributed by atoms with Gasteiger partial charge in [0.2, 0.25) is 0 Å². The topological polar surface area (TPSA) is 67.0 Å². The molecule has 1 heterocycles. The van der Waals surface area contributed by atoms with Gasteiger partial charge in [-0.1, -0.05) is 19.1 Å². The van der Waals surface area contributed by atoms with E-state index in [9.17, 15) is 4.79 Å². The van der Waals surface area contributed by atoms with Crippen LogP contribution in [0.5, 0.6) is 5.75 Å². The molecule has 0 aliphatic rings. The van der Waals surface area contributed by atoms with Gasteiger partial charge < -0.3 is 15.0 Å². The molecule has 3 rings (SSSR count). The molecule has 1 amide bonds. The number of carbonyl (C=O) groups excluding carboxylic acids is 1. The normalized spacial score (nSPS) is 10.7. The Morgan fingerprint density at radius 2 is 2.13 bits per heavy atom. The zero-order valence-electron chi connectivity index (χ0n) is 13.2. The van der Waals surface area contributed by atoms with E-state index < -0.39 is 0 Å². The number of rotatable bonds is 5. The Labute approximate surface area is 134 Å². The zero-order valence-corrected chi connectivity index (χ0v) is 13.2. The van der Waals surface area contributed by atoms with E-state index in [4.69, 9.17) is 4.74 Å². The Balaban J connectivity index is 1.63. The minimum Gasteiger partial charge on any atom is -0.484 e. The molecule has 0 saturated heterocycles. The number of hydrogen-bond acceptors (Lipinski definition) is 3. The quantitative estimate of drug-likeness (QED) is 0.758. The predicted molar refractivity (Wildman–Crippen MR) is 90.8 cm³/mol. The van der Waals surface area contributed by atoms with E-state index in [0.717, 1.165) is 34.5 Å². The molecule has 5 nitrogen and oxygen atoms in total. The number of nitrogens with one attached hydrogen (secondary N) is 2. The number of amides is 1. The fraction of sp³-hybridized carbons (Fsp3) is 0.222. The van der Waals surface area contributed by atoms with Gasteiger partial charge in [0.15, 0.2) is 6.61 Å². The third kappa shape index (κ3) is 3.69. The van der Waals surface area contributed by atoms with Crippen molar-refractivity contribution in [3.8, 4) is 5.75 Å². The van der Waals surface area contributed by atoms with Gasteiger partial charge in [-0.3, -0.25) is 4.79 Å². The highest BCUT2D eigenvalue weighted by molar-refractivity contribution is 5.94. The number of aromatic amines is 1. The number of nitrogens with zero attached hydrogens (tertiary/aromatic N) is 1. The van der Waals surface area contributed by atoms with Crippen LogP contribution in [0.1, 0.15) is 18.3 Å². The number of H-pyrrole nitrogens is 1. The standard InChI is InChI=1S/C18H19N3O2/c1-3-17-20-15-8-7-13(10-16(15)21-17)19-18(22)11-23-14-6-4-5-12(2)9-14/h4-10H,3,11H2,1-2H3,(H,19,22)(H,20,21). The fourth-order valence-electron chi connectivity index (χ4n) is 2.36. The second-order valence-electron chi connectivity index (χ2n) is 5.42. The van der Waals surface area contributed by atoms with Crippen LogP contribution in [0, 0.1) is 6.92 Å².